The number of carbonyl (C=O) groups is 2. The molecule has 0 radical (unpaired) electrons. The van der Waals surface area contributed by atoms with E-state index in [2.05, 4.69) is 20.8 Å². The largest absolute Gasteiger partial charge is 0.490 e. The lowest BCUT2D eigenvalue weighted by Gasteiger charge is -2.70. The first kappa shape index (κ1) is 26.6. The highest BCUT2D eigenvalue weighted by molar-refractivity contribution is 6.30. The molecule has 1 heterocycles. The van der Waals surface area contributed by atoms with Crippen molar-refractivity contribution in [3.63, 3.8) is 0 Å². The minimum atomic E-state index is -5.08. The number of nitrogens with zero attached hydrogens (tertiary/aromatic N) is 2. The number of hydrogen-bond donors (Lipinski definition) is 3. The number of amides is 1. The normalized spacial score (nSPS) is 21.4. The topological polar surface area (TPSA) is 127 Å². The van der Waals surface area contributed by atoms with E-state index in [0.29, 0.717) is 27.6 Å². The molecule has 3 fully saturated rings. The van der Waals surface area contributed by atoms with Crippen LogP contribution in [0.3, 0.4) is 0 Å². The molecule has 37 heavy (non-hydrogen) atoms. The van der Waals surface area contributed by atoms with Crippen LogP contribution in [0.2, 0.25) is 10.0 Å². The van der Waals surface area contributed by atoms with Crippen LogP contribution in [-0.4, -0.2) is 51.0 Å². The fourth-order valence-electron chi connectivity index (χ4n) is 4.29. The Labute approximate surface area is 217 Å². The first-order valence-corrected chi connectivity index (χ1v) is 11.5. The molecular weight excluding hydrogens is 540 g/mol. The molecule has 6 rings (SSSR count). The molecule has 0 spiro atoms. The highest BCUT2D eigenvalue weighted by Gasteiger charge is 2.69. The predicted octanol–water partition coefficient (Wildman–Crippen LogP) is 4.96. The fraction of sp³-hybridized carbons (Fsp3) is 0.304. The number of alkyl halides is 3. The first-order valence-electron chi connectivity index (χ1n) is 10.7. The average Bonchev–Trinajstić information content (AvgIpc) is 3.25. The molecule has 2 aromatic carbocycles. The average molecular weight is 559 g/mol. The zero-order chi connectivity index (χ0) is 26.8. The van der Waals surface area contributed by atoms with Gasteiger partial charge < -0.3 is 25.0 Å². The highest BCUT2D eigenvalue weighted by atomic mass is 35.5. The van der Waals surface area contributed by atoms with Gasteiger partial charge in [-0.2, -0.15) is 18.2 Å². The summed E-state index contributed by atoms with van der Waals surface area (Å²) < 4.78 is 42.6. The van der Waals surface area contributed by atoms with Gasteiger partial charge in [0.05, 0.1) is 0 Å². The van der Waals surface area contributed by atoms with Crippen LogP contribution in [0, 0.1) is 0 Å². The molecule has 0 unspecified atom stereocenters. The van der Waals surface area contributed by atoms with Crippen molar-refractivity contribution in [3.8, 4) is 17.2 Å². The van der Waals surface area contributed by atoms with Gasteiger partial charge in [-0.25, -0.2) is 4.79 Å². The number of halogens is 5. The maximum absolute atomic E-state index is 12.2. The van der Waals surface area contributed by atoms with Crippen molar-refractivity contribution in [1.29, 1.82) is 0 Å². The molecule has 3 aliphatic carbocycles. The number of carboxylic acid groups (broad SMARTS) is 1. The van der Waals surface area contributed by atoms with E-state index in [1.807, 2.05) is 12.1 Å². The van der Waals surface area contributed by atoms with Gasteiger partial charge in [0.2, 0.25) is 0 Å². The Morgan fingerprint density at radius 2 is 1.54 bits per heavy atom. The Kier molecular flexibility index (Phi) is 7.24. The molecule has 14 heteroatoms. The van der Waals surface area contributed by atoms with E-state index in [9.17, 15) is 18.0 Å². The summed E-state index contributed by atoms with van der Waals surface area (Å²) in [5.74, 6) is -1.40. The minimum Gasteiger partial charge on any atom is -0.484 e. The number of hydrogen-bond acceptors (Lipinski definition) is 7. The monoisotopic (exact) mass is 558 g/mol. The van der Waals surface area contributed by atoms with Gasteiger partial charge in [-0.3, -0.25) is 4.79 Å². The Morgan fingerprint density at radius 1 is 1.00 bits per heavy atom. The van der Waals surface area contributed by atoms with Crippen molar-refractivity contribution in [1.82, 2.24) is 15.5 Å². The standard InChI is InChI=1S/C21H18Cl2N4O3.C2HF3O2/c22-14-3-1-13(2-4-14)18-24-19(27-30-18)26-21-10-20(11-21,12-21)25-17(28)9-29-16-7-5-15(23)6-8-16;3-2(4,5)1(6)7/h1-8H,9-12H2,(H,25,28)(H,26,27);(H,6,7). The van der Waals surface area contributed by atoms with Gasteiger partial charge in [-0.05, 0) is 73.0 Å². The van der Waals surface area contributed by atoms with Crippen molar-refractivity contribution in [2.75, 3.05) is 11.9 Å². The molecule has 9 nitrogen and oxygen atoms in total. The molecule has 0 atom stereocenters. The second kappa shape index (κ2) is 10.1. The summed E-state index contributed by atoms with van der Waals surface area (Å²) in [7, 11) is 0. The summed E-state index contributed by atoms with van der Waals surface area (Å²) in [5.41, 5.74) is 0.545. The Bertz CT molecular complexity index is 1260. The number of carbonyl (C=O) groups excluding carboxylic acids is 1. The van der Waals surface area contributed by atoms with Gasteiger partial charge in [0.1, 0.15) is 5.75 Å². The van der Waals surface area contributed by atoms with E-state index < -0.39 is 12.1 Å². The van der Waals surface area contributed by atoms with Crippen LogP contribution < -0.4 is 15.4 Å². The van der Waals surface area contributed by atoms with E-state index in [4.69, 9.17) is 42.4 Å². The van der Waals surface area contributed by atoms with Gasteiger partial charge in [0.15, 0.2) is 6.61 Å². The minimum absolute atomic E-state index is 0.0287. The highest BCUT2D eigenvalue weighted by Crippen LogP contribution is 2.61. The maximum Gasteiger partial charge on any atom is 0.490 e. The molecule has 0 aliphatic heterocycles. The summed E-state index contributed by atoms with van der Waals surface area (Å²) in [4.78, 5) is 25.5. The molecule has 3 aromatic rings. The van der Waals surface area contributed by atoms with E-state index in [1.54, 1.807) is 36.4 Å². The summed E-state index contributed by atoms with van der Waals surface area (Å²) >= 11 is 11.7. The quantitative estimate of drug-likeness (QED) is 0.371. The molecule has 0 saturated heterocycles. The molecule has 1 amide bonds. The van der Waals surface area contributed by atoms with Crippen molar-refractivity contribution in [2.45, 2.75) is 36.5 Å². The smallest absolute Gasteiger partial charge is 0.484 e. The Morgan fingerprint density at radius 3 is 2.08 bits per heavy atom. The van der Waals surface area contributed by atoms with Crippen molar-refractivity contribution in [2.24, 2.45) is 0 Å². The summed E-state index contributed by atoms with van der Waals surface area (Å²) in [6.07, 6.45) is -2.63. The SMILES string of the molecule is O=C(COc1ccc(Cl)cc1)NC12CC(Nc3noc(-c4ccc(Cl)cc4)n3)(C1)C2.O=C(O)C(F)(F)F. The van der Waals surface area contributed by atoms with Crippen LogP contribution in [0.5, 0.6) is 5.75 Å². The molecule has 1 aromatic heterocycles. The van der Waals surface area contributed by atoms with Crippen molar-refractivity contribution in [3.05, 3.63) is 58.6 Å². The molecule has 3 aliphatic rings. The lowest BCUT2D eigenvalue weighted by molar-refractivity contribution is -0.192. The van der Waals surface area contributed by atoms with Gasteiger partial charge >= 0.3 is 12.1 Å². The van der Waals surface area contributed by atoms with E-state index in [0.717, 1.165) is 24.8 Å². The Balaban J connectivity index is 0.000000405. The van der Waals surface area contributed by atoms with Crippen LogP contribution in [0.15, 0.2) is 53.1 Å². The van der Waals surface area contributed by atoms with Crippen LogP contribution in [-0.2, 0) is 9.59 Å². The summed E-state index contributed by atoms with van der Waals surface area (Å²) in [5, 5.41) is 18.8. The van der Waals surface area contributed by atoms with E-state index >= 15 is 0 Å². The van der Waals surface area contributed by atoms with E-state index in [1.165, 1.54) is 0 Å². The lowest BCUT2D eigenvalue weighted by Crippen LogP contribution is -2.81. The summed E-state index contributed by atoms with van der Waals surface area (Å²) in [6, 6.07) is 14.1. The van der Waals surface area contributed by atoms with Crippen molar-refractivity contribution < 1.29 is 37.1 Å². The first-order chi connectivity index (χ1) is 17.4. The molecule has 2 bridgehead atoms. The fourth-order valence-corrected chi connectivity index (χ4v) is 4.54. The lowest BCUT2D eigenvalue weighted by atomic mass is 9.44. The van der Waals surface area contributed by atoms with Gasteiger partial charge in [-0.1, -0.05) is 23.2 Å². The number of nitrogens with one attached hydrogen (secondary N) is 2. The van der Waals surface area contributed by atoms with Crippen LogP contribution >= 0.6 is 23.2 Å². The van der Waals surface area contributed by atoms with E-state index in [-0.39, 0.29) is 23.6 Å². The predicted molar refractivity (Wildman–Crippen MR) is 126 cm³/mol. The third-order valence-corrected chi connectivity index (χ3v) is 6.26. The zero-order valence-electron chi connectivity index (χ0n) is 18.8. The van der Waals surface area contributed by atoms with Gasteiger partial charge in [0.25, 0.3) is 17.7 Å². The molecule has 3 N–H and O–H groups in total. The molecular formula is C23H19Cl2F3N4O5. The second-order valence-electron chi connectivity index (χ2n) is 8.74. The number of anilines is 1. The third kappa shape index (κ3) is 6.44. The number of aromatic nitrogens is 2. The number of rotatable bonds is 7. The number of carboxylic acids is 1. The van der Waals surface area contributed by atoms with Crippen LogP contribution in [0.4, 0.5) is 19.1 Å². The number of benzene rings is 2. The number of ether oxygens (including phenoxy) is 1. The van der Waals surface area contributed by atoms with Crippen LogP contribution in [0.25, 0.3) is 11.5 Å². The molecule has 196 valence electrons. The second-order valence-corrected chi connectivity index (χ2v) is 9.61. The Hall–Kier alpha value is -3.51. The number of aliphatic carboxylic acids is 1. The summed E-state index contributed by atoms with van der Waals surface area (Å²) in [6.45, 7) is -0.0287. The third-order valence-electron chi connectivity index (χ3n) is 5.76. The van der Waals surface area contributed by atoms with Crippen LogP contribution in [0.1, 0.15) is 19.3 Å². The van der Waals surface area contributed by atoms with Crippen molar-refractivity contribution >= 4 is 41.0 Å². The molecule has 3 saturated carbocycles. The van der Waals surface area contributed by atoms with Gasteiger partial charge in [0, 0.05) is 26.7 Å². The van der Waals surface area contributed by atoms with Gasteiger partial charge in [-0.15, -0.1) is 0 Å². The maximum atomic E-state index is 12.2. The zero-order valence-corrected chi connectivity index (χ0v) is 20.3.